The summed E-state index contributed by atoms with van der Waals surface area (Å²) in [5.74, 6) is 0.571. The Morgan fingerprint density at radius 3 is 2.79 bits per heavy atom. The van der Waals surface area contributed by atoms with Crippen LogP contribution < -0.4 is 5.73 Å². The summed E-state index contributed by atoms with van der Waals surface area (Å²) in [6, 6.07) is 5.86. The molecule has 1 aromatic heterocycles. The van der Waals surface area contributed by atoms with Crippen LogP contribution >= 0.6 is 15.9 Å². The SMILES string of the molecule is Cc1ccc(-c2nc(N)no2)c(Br)c1. The Kier molecular flexibility index (Phi) is 2.25. The van der Waals surface area contributed by atoms with Crippen molar-refractivity contribution in [1.29, 1.82) is 0 Å². The third-order valence-electron chi connectivity index (χ3n) is 1.80. The van der Waals surface area contributed by atoms with Crippen molar-refractivity contribution in [3.63, 3.8) is 0 Å². The topological polar surface area (TPSA) is 64.9 Å². The number of nitrogens with zero attached hydrogens (tertiary/aromatic N) is 2. The second kappa shape index (κ2) is 3.42. The average Bonchev–Trinajstić information content (AvgIpc) is 2.51. The molecule has 0 amide bonds. The van der Waals surface area contributed by atoms with Crippen molar-refractivity contribution >= 4 is 21.9 Å². The summed E-state index contributed by atoms with van der Waals surface area (Å²) in [7, 11) is 0. The van der Waals surface area contributed by atoms with Gasteiger partial charge in [0, 0.05) is 4.47 Å². The standard InChI is InChI=1S/C9H8BrN3O/c1-5-2-3-6(7(10)4-5)8-12-9(11)13-14-8/h2-4H,1H3,(H2,11,13). The van der Waals surface area contributed by atoms with Crippen molar-refractivity contribution in [2.45, 2.75) is 6.92 Å². The lowest BCUT2D eigenvalue weighted by molar-refractivity contribution is 0.433. The molecule has 1 aromatic carbocycles. The van der Waals surface area contributed by atoms with Gasteiger partial charge >= 0.3 is 0 Å². The van der Waals surface area contributed by atoms with Crippen LogP contribution in [0.15, 0.2) is 27.2 Å². The van der Waals surface area contributed by atoms with Gasteiger partial charge < -0.3 is 10.3 Å². The Morgan fingerprint density at radius 2 is 2.21 bits per heavy atom. The Bertz CT molecular complexity index is 467. The lowest BCUT2D eigenvalue weighted by Crippen LogP contribution is -1.86. The van der Waals surface area contributed by atoms with Crippen LogP contribution in [0.1, 0.15) is 5.56 Å². The maximum absolute atomic E-state index is 5.36. The minimum Gasteiger partial charge on any atom is -0.365 e. The van der Waals surface area contributed by atoms with Crippen molar-refractivity contribution in [3.05, 3.63) is 28.2 Å². The summed E-state index contributed by atoms with van der Waals surface area (Å²) >= 11 is 3.42. The van der Waals surface area contributed by atoms with E-state index in [0.29, 0.717) is 5.89 Å². The first-order chi connectivity index (χ1) is 6.66. The monoisotopic (exact) mass is 253 g/mol. The van der Waals surface area contributed by atoms with Crippen LogP contribution in [0.2, 0.25) is 0 Å². The minimum atomic E-state index is 0.146. The van der Waals surface area contributed by atoms with Gasteiger partial charge in [0.25, 0.3) is 11.8 Å². The molecule has 2 aromatic rings. The fourth-order valence-corrected chi connectivity index (χ4v) is 1.80. The fourth-order valence-electron chi connectivity index (χ4n) is 1.14. The third kappa shape index (κ3) is 1.63. The van der Waals surface area contributed by atoms with Crippen LogP contribution in [0.25, 0.3) is 11.5 Å². The van der Waals surface area contributed by atoms with Crippen molar-refractivity contribution in [1.82, 2.24) is 10.1 Å². The first-order valence-electron chi connectivity index (χ1n) is 4.02. The molecule has 0 aliphatic heterocycles. The summed E-state index contributed by atoms with van der Waals surface area (Å²) < 4.78 is 5.87. The zero-order chi connectivity index (χ0) is 10.1. The van der Waals surface area contributed by atoms with E-state index in [1.807, 2.05) is 25.1 Å². The predicted octanol–water partition coefficient (Wildman–Crippen LogP) is 2.39. The highest BCUT2D eigenvalue weighted by Gasteiger charge is 2.09. The van der Waals surface area contributed by atoms with E-state index in [0.717, 1.165) is 15.6 Å². The molecule has 0 bridgehead atoms. The number of hydrogen-bond acceptors (Lipinski definition) is 4. The van der Waals surface area contributed by atoms with E-state index in [4.69, 9.17) is 10.3 Å². The van der Waals surface area contributed by atoms with E-state index in [2.05, 4.69) is 26.1 Å². The van der Waals surface area contributed by atoms with Crippen molar-refractivity contribution in [2.24, 2.45) is 0 Å². The van der Waals surface area contributed by atoms with Crippen molar-refractivity contribution < 1.29 is 4.52 Å². The molecule has 4 nitrogen and oxygen atoms in total. The van der Waals surface area contributed by atoms with Gasteiger partial charge in [0.1, 0.15) is 0 Å². The summed E-state index contributed by atoms with van der Waals surface area (Å²) in [5.41, 5.74) is 7.37. The molecule has 1 heterocycles. The fraction of sp³-hybridized carbons (Fsp3) is 0.111. The smallest absolute Gasteiger partial charge is 0.261 e. The molecule has 72 valence electrons. The number of aromatic nitrogens is 2. The molecule has 0 fully saturated rings. The number of benzene rings is 1. The highest BCUT2D eigenvalue weighted by atomic mass is 79.9. The number of halogens is 1. The average molecular weight is 254 g/mol. The molecule has 0 unspecified atom stereocenters. The second-order valence-electron chi connectivity index (χ2n) is 2.94. The van der Waals surface area contributed by atoms with Gasteiger partial charge in [-0.3, -0.25) is 0 Å². The number of rotatable bonds is 1. The maximum Gasteiger partial charge on any atom is 0.261 e. The molecular weight excluding hydrogens is 246 g/mol. The zero-order valence-electron chi connectivity index (χ0n) is 7.49. The second-order valence-corrected chi connectivity index (χ2v) is 3.80. The summed E-state index contributed by atoms with van der Waals surface area (Å²) in [6.07, 6.45) is 0. The van der Waals surface area contributed by atoms with Crippen molar-refractivity contribution in [3.8, 4) is 11.5 Å². The number of nitrogens with two attached hydrogens (primary N) is 1. The third-order valence-corrected chi connectivity index (χ3v) is 2.45. The van der Waals surface area contributed by atoms with Gasteiger partial charge in [0.05, 0.1) is 5.56 Å². The molecule has 0 saturated carbocycles. The van der Waals surface area contributed by atoms with Gasteiger partial charge in [-0.25, -0.2) is 0 Å². The summed E-state index contributed by atoms with van der Waals surface area (Å²) in [4.78, 5) is 3.94. The van der Waals surface area contributed by atoms with Crippen LogP contribution in [0.5, 0.6) is 0 Å². The number of hydrogen-bond donors (Lipinski definition) is 1. The number of anilines is 1. The molecule has 0 radical (unpaired) electrons. The quantitative estimate of drug-likeness (QED) is 0.848. The van der Waals surface area contributed by atoms with E-state index < -0.39 is 0 Å². The molecule has 0 atom stereocenters. The van der Waals surface area contributed by atoms with Gasteiger partial charge in [-0.15, -0.1) is 0 Å². The maximum atomic E-state index is 5.36. The first kappa shape index (κ1) is 9.21. The van der Waals surface area contributed by atoms with E-state index in [1.165, 1.54) is 0 Å². The molecule has 14 heavy (non-hydrogen) atoms. The lowest BCUT2D eigenvalue weighted by Gasteiger charge is -1.99. The van der Waals surface area contributed by atoms with Gasteiger partial charge in [0.15, 0.2) is 0 Å². The van der Waals surface area contributed by atoms with Crippen LogP contribution in [-0.2, 0) is 0 Å². The van der Waals surface area contributed by atoms with Crippen LogP contribution in [-0.4, -0.2) is 10.1 Å². The van der Waals surface area contributed by atoms with Gasteiger partial charge in [0.2, 0.25) is 0 Å². The Balaban J connectivity index is 2.52. The molecule has 5 heteroatoms. The lowest BCUT2D eigenvalue weighted by atomic mass is 10.1. The molecule has 0 aliphatic carbocycles. The predicted molar refractivity (Wildman–Crippen MR) is 56.6 cm³/mol. The largest absolute Gasteiger partial charge is 0.365 e. The zero-order valence-corrected chi connectivity index (χ0v) is 9.08. The van der Waals surface area contributed by atoms with E-state index in [1.54, 1.807) is 0 Å². The highest BCUT2D eigenvalue weighted by Crippen LogP contribution is 2.27. The molecule has 2 rings (SSSR count). The summed E-state index contributed by atoms with van der Waals surface area (Å²) in [6.45, 7) is 2.01. The van der Waals surface area contributed by atoms with Gasteiger partial charge in [-0.2, -0.15) is 4.98 Å². The van der Waals surface area contributed by atoms with Crippen LogP contribution in [0.3, 0.4) is 0 Å². The molecule has 0 aliphatic rings. The first-order valence-corrected chi connectivity index (χ1v) is 4.82. The highest BCUT2D eigenvalue weighted by molar-refractivity contribution is 9.10. The van der Waals surface area contributed by atoms with E-state index in [9.17, 15) is 0 Å². The molecule has 0 saturated heterocycles. The summed E-state index contributed by atoms with van der Waals surface area (Å²) in [5, 5.41) is 3.53. The minimum absolute atomic E-state index is 0.146. The Morgan fingerprint density at radius 1 is 1.43 bits per heavy atom. The Labute approximate surface area is 89.2 Å². The molecule has 2 N–H and O–H groups in total. The van der Waals surface area contributed by atoms with Crippen LogP contribution in [0.4, 0.5) is 5.95 Å². The number of nitrogen functional groups attached to an aromatic ring is 1. The van der Waals surface area contributed by atoms with Crippen LogP contribution in [0, 0.1) is 6.92 Å². The molecule has 0 spiro atoms. The molecular formula is C9H8BrN3O. The number of aryl methyl sites for hydroxylation is 1. The van der Waals surface area contributed by atoms with Gasteiger partial charge in [-0.1, -0.05) is 6.07 Å². The van der Waals surface area contributed by atoms with E-state index in [-0.39, 0.29) is 5.95 Å². The van der Waals surface area contributed by atoms with Crippen molar-refractivity contribution in [2.75, 3.05) is 5.73 Å². The normalized spacial score (nSPS) is 10.4. The van der Waals surface area contributed by atoms with E-state index >= 15 is 0 Å². The van der Waals surface area contributed by atoms with Gasteiger partial charge in [-0.05, 0) is 45.7 Å². The Hall–Kier alpha value is -1.36.